The molecule has 2 heterocycles. The van der Waals surface area contributed by atoms with E-state index in [0.717, 1.165) is 77.2 Å². The molecule has 0 aromatic carbocycles. The van der Waals surface area contributed by atoms with Gasteiger partial charge >= 0.3 is 0 Å². The molecule has 2 rings (SSSR count). The molecule has 0 spiro atoms. The first-order valence-corrected chi connectivity index (χ1v) is 9.64. The Bertz CT molecular complexity index is 365. The summed E-state index contributed by atoms with van der Waals surface area (Å²) in [6.45, 7) is 11.2. The van der Waals surface area contributed by atoms with Gasteiger partial charge in [-0.15, -0.1) is 24.0 Å². The number of ether oxygens (including phenoxy) is 2. The quantitative estimate of drug-likeness (QED) is 0.235. The van der Waals surface area contributed by atoms with Crippen LogP contribution >= 0.6 is 24.0 Å². The summed E-state index contributed by atoms with van der Waals surface area (Å²) < 4.78 is 11.2. The van der Waals surface area contributed by atoms with Crippen molar-refractivity contribution in [1.29, 1.82) is 0 Å². The molecule has 2 aliphatic heterocycles. The van der Waals surface area contributed by atoms with E-state index < -0.39 is 0 Å². The van der Waals surface area contributed by atoms with Crippen LogP contribution in [0.2, 0.25) is 0 Å². The Balaban J connectivity index is 0.00000312. The molecule has 0 amide bonds. The lowest BCUT2D eigenvalue weighted by Gasteiger charge is -2.21. The highest BCUT2D eigenvalue weighted by molar-refractivity contribution is 14.0. The van der Waals surface area contributed by atoms with Crippen LogP contribution in [0.3, 0.4) is 0 Å². The normalized spacial score (nSPS) is 22.6. The molecule has 25 heavy (non-hydrogen) atoms. The third kappa shape index (κ3) is 9.40. The summed E-state index contributed by atoms with van der Waals surface area (Å²) in [5.41, 5.74) is 0. The fourth-order valence-corrected chi connectivity index (χ4v) is 3.37. The van der Waals surface area contributed by atoms with E-state index in [0.29, 0.717) is 5.92 Å². The number of hydrogen-bond acceptors (Lipinski definition) is 4. The minimum atomic E-state index is 0. The minimum Gasteiger partial charge on any atom is -0.381 e. The molecule has 7 heteroatoms. The third-order valence-electron chi connectivity index (χ3n) is 5.05. The molecule has 0 radical (unpaired) electrons. The first-order chi connectivity index (χ1) is 11.8. The van der Waals surface area contributed by atoms with Crippen molar-refractivity contribution >= 4 is 29.9 Å². The van der Waals surface area contributed by atoms with Crippen LogP contribution in [0.25, 0.3) is 0 Å². The molecule has 148 valence electrons. The molecule has 2 saturated heterocycles. The first-order valence-electron chi connectivity index (χ1n) is 9.64. The SMILES string of the molecule is CCN1CCC(CNC(=NC)NCCCOCC2CCOCC2)C1.I. The zero-order valence-corrected chi connectivity index (χ0v) is 18.3. The van der Waals surface area contributed by atoms with E-state index in [-0.39, 0.29) is 24.0 Å². The van der Waals surface area contributed by atoms with Gasteiger partial charge in [-0.2, -0.15) is 0 Å². The van der Waals surface area contributed by atoms with Crippen molar-refractivity contribution in [2.75, 3.05) is 66.2 Å². The molecule has 2 fully saturated rings. The zero-order valence-electron chi connectivity index (χ0n) is 16.0. The number of aliphatic imine (C=N–C) groups is 1. The second-order valence-electron chi connectivity index (χ2n) is 6.91. The lowest BCUT2D eigenvalue weighted by Crippen LogP contribution is -2.40. The van der Waals surface area contributed by atoms with E-state index in [1.54, 1.807) is 0 Å². The molecule has 1 atom stereocenters. The van der Waals surface area contributed by atoms with E-state index in [1.807, 2.05) is 7.05 Å². The van der Waals surface area contributed by atoms with E-state index in [4.69, 9.17) is 9.47 Å². The molecule has 2 N–H and O–H groups in total. The number of halogens is 1. The maximum Gasteiger partial charge on any atom is 0.190 e. The molecule has 0 aliphatic carbocycles. The lowest BCUT2D eigenvalue weighted by atomic mass is 10.0. The Morgan fingerprint density at radius 1 is 1.20 bits per heavy atom. The van der Waals surface area contributed by atoms with E-state index in [9.17, 15) is 0 Å². The summed E-state index contributed by atoms with van der Waals surface area (Å²) in [6, 6.07) is 0. The van der Waals surface area contributed by atoms with Crippen LogP contribution in [-0.2, 0) is 9.47 Å². The number of hydrogen-bond donors (Lipinski definition) is 2. The fraction of sp³-hybridized carbons (Fsp3) is 0.944. The van der Waals surface area contributed by atoms with Crippen molar-refractivity contribution in [3.8, 4) is 0 Å². The third-order valence-corrected chi connectivity index (χ3v) is 5.05. The Hall–Kier alpha value is -0.120. The summed E-state index contributed by atoms with van der Waals surface area (Å²) >= 11 is 0. The smallest absolute Gasteiger partial charge is 0.190 e. The molecule has 0 saturated carbocycles. The van der Waals surface area contributed by atoms with E-state index in [1.165, 1.54) is 19.5 Å². The van der Waals surface area contributed by atoms with Gasteiger partial charge in [0.25, 0.3) is 0 Å². The van der Waals surface area contributed by atoms with Gasteiger partial charge in [-0.1, -0.05) is 6.92 Å². The number of guanidine groups is 1. The van der Waals surface area contributed by atoms with Crippen LogP contribution < -0.4 is 10.6 Å². The van der Waals surface area contributed by atoms with Crippen LogP contribution in [0.15, 0.2) is 4.99 Å². The van der Waals surface area contributed by atoms with Crippen molar-refractivity contribution in [1.82, 2.24) is 15.5 Å². The standard InChI is InChI=1S/C18H36N4O2.HI/c1-3-22-9-5-17(14-22)13-21-18(19-2)20-8-4-10-24-15-16-6-11-23-12-7-16;/h16-17H,3-15H2,1-2H3,(H2,19,20,21);1H. The first kappa shape index (κ1) is 22.9. The summed E-state index contributed by atoms with van der Waals surface area (Å²) in [6.07, 6.45) is 4.59. The van der Waals surface area contributed by atoms with Crippen molar-refractivity contribution in [2.24, 2.45) is 16.8 Å². The molecule has 1 unspecified atom stereocenters. The highest BCUT2D eigenvalue weighted by atomic mass is 127. The Morgan fingerprint density at radius 3 is 2.68 bits per heavy atom. The van der Waals surface area contributed by atoms with Crippen LogP contribution in [0.4, 0.5) is 0 Å². The second-order valence-corrected chi connectivity index (χ2v) is 6.91. The predicted octanol–water partition coefficient (Wildman–Crippen LogP) is 1.94. The average molecular weight is 468 g/mol. The van der Waals surface area contributed by atoms with Gasteiger partial charge in [0.2, 0.25) is 0 Å². The highest BCUT2D eigenvalue weighted by Crippen LogP contribution is 2.15. The lowest BCUT2D eigenvalue weighted by molar-refractivity contribution is 0.0203. The monoisotopic (exact) mass is 468 g/mol. The van der Waals surface area contributed by atoms with Crippen LogP contribution in [-0.4, -0.2) is 77.1 Å². The minimum absolute atomic E-state index is 0. The van der Waals surface area contributed by atoms with Gasteiger partial charge in [0.15, 0.2) is 5.96 Å². The molecule has 0 aromatic rings. The van der Waals surface area contributed by atoms with Gasteiger partial charge in [-0.25, -0.2) is 0 Å². The van der Waals surface area contributed by atoms with E-state index in [2.05, 4.69) is 27.4 Å². The predicted molar refractivity (Wildman–Crippen MR) is 114 cm³/mol. The fourth-order valence-electron chi connectivity index (χ4n) is 3.37. The largest absolute Gasteiger partial charge is 0.381 e. The molecule has 6 nitrogen and oxygen atoms in total. The highest BCUT2D eigenvalue weighted by Gasteiger charge is 2.20. The van der Waals surface area contributed by atoms with Gasteiger partial charge in [-0.3, -0.25) is 4.99 Å². The molecular weight excluding hydrogens is 431 g/mol. The second kappa shape index (κ2) is 14.0. The molecule has 0 bridgehead atoms. The topological polar surface area (TPSA) is 58.1 Å². The van der Waals surface area contributed by atoms with Crippen molar-refractivity contribution < 1.29 is 9.47 Å². The number of nitrogens with one attached hydrogen (secondary N) is 2. The molecule has 2 aliphatic rings. The average Bonchev–Trinajstić information content (AvgIpc) is 3.09. The number of rotatable bonds is 9. The van der Waals surface area contributed by atoms with Gasteiger partial charge in [0.1, 0.15) is 0 Å². The number of nitrogens with zero attached hydrogens (tertiary/aromatic N) is 2. The Labute approximate surface area is 170 Å². The maximum atomic E-state index is 5.79. The Kier molecular flexibility index (Phi) is 12.8. The molecular formula is C18H37IN4O2. The summed E-state index contributed by atoms with van der Waals surface area (Å²) in [4.78, 5) is 6.82. The van der Waals surface area contributed by atoms with E-state index >= 15 is 0 Å². The van der Waals surface area contributed by atoms with Crippen LogP contribution in [0.5, 0.6) is 0 Å². The molecule has 0 aromatic heterocycles. The van der Waals surface area contributed by atoms with Crippen molar-refractivity contribution in [2.45, 2.75) is 32.6 Å². The summed E-state index contributed by atoms with van der Waals surface area (Å²) in [5.74, 6) is 2.34. The summed E-state index contributed by atoms with van der Waals surface area (Å²) in [7, 11) is 1.84. The van der Waals surface area contributed by atoms with Gasteiger partial charge in [-0.05, 0) is 50.6 Å². The maximum absolute atomic E-state index is 5.79. The van der Waals surface area contributed by atoms with Gasteiger partial charge < -0.3 is 25.0 Å². The van der Waals surface area contributed by atoms with Gasteiger partial charge in [0, 0.05) is 53.1 Å². The summed E-state index contributed by atoms with van der Waals surface area (Å²) in [5, 5.41) is 6.84. The van der Waals surface area contributed by atoms with Crippen molar-refractivity contribution in [3.05, 3.63) is 0 Å². The van der Waals surface area contributed by atoms with Crippen LogP contribution in [0.1, 0.15) is 32.6 Å². The van der Waals surface area contributed by atoms with Crippen molar-refractivity contribution in [3.63, 3.8) is 0 Å². The van der Waals surface area contributed by atoms with Crippen LogP contribution in [0, 0.1) is 11.8 Å². The van der Waals surface area contributed by atoms with Gasteiger partial charge in [0.05, 0.1) is 0 Å². The zero-order chi connectivity index (χ0) is 17.0. The number of likely N-dealkylation sites (tertiary alicyclic amines) is 1. The Morgan fingerprint density at radius 2 is 2.00 bits per heavy atom.